The molecule has 0 bridgehead atoms. The maximum atomic E-state index is 9.72. The van der Waals surface area contributed by atoms with Crippen molar-refractivity contribution in [2.75, 3.05) is 7.11 Å². The van der Waals surface area contributed by atoms with Crippen LogP contribution < -0.4 is 5.32 Å². The first-order chi connectivity index (χ1) is 8.29. The van der Waals surface area contributed by atoms with Crippen molar-refractivity contribution in [3.05, 3.63) is 35.4 Å². The standard InChI is InChI=1S/C14H21NO2/c1-17-10-12-5-2-4-11(8-12)9-15-13-6-3-7-14(13)16/h2,4-5,8,13-16H,3,6-7,9-10H2,1H3/t13-,14-/m1/s1. The van der Waals surface area contributed by atoms with Gasteiger partial charge in [0.25, 0.3) is 0 Å². The lowest BCUT2D eigenvalue weighted by molar-refractivity contribution is 0.148. The Morgan fingerprint density at radius 3 is 2.88 bits per heavy atom. The molecule has 0 spiro atoms. The maximum absolute atomic E-state index is 9.72. The lowest BCUT2D eigenvalue weighted by atomic mass is 10.1. The van der Waals surface area contributed by atoms with Gasteiger partial charge in [0.05, 0.1) is 12.7 Å². The van der Waals surface area contributed by atoms with Crippen molar-refractivity contribution in [2.24, 2.45) is 0 Å². The average molecular weight is 235 g/mol. The number of nitrogens with one attached hydrogen (secondary N) is 1. The Bertz CT molecular complexity index is 354. The average Bonchev–Trinajstić information content (AvgIpc) is 2.73. The zero-order chi connectivity index (χ0) is 12.1. The summed E-state index contributed by atoms with van der Waals surface area (Å²) in [5.74, 6) is 0. The number of aliphatic hydroxyl groups excluding tert-OH is 1. The summed E-state index contributed by atoms with van der Waals surface area (Å²) in [7, 11) is 1.71. The first-order valence-corrected chi connectivity index (χ1v) is 6.28. The summed E-state index contributed by atoms with van der Waals surface area (Å²) in [6.07, 6.45) is 2.97. The second kappa shape index (κ2) is 6.15. The third-order valence-corrected chi connectivity index (χ3v) is 3.35. The van der Waals surface area contributed by atoms with Crippen LogP contribution in [0.3, 0.4) is 0 Å². The van der Waals surface area contributed by atoms with Crippen molar-refractivity contribution in [3.63, 3.8) is 0 Å². The third kappa shape index (κ3) is 3.53. The highest BCUT2D eigenvalue weighted by Gasteiger charge is 2.24. The van der Waals surface area contributed by atoms with E-state index < -0.39 is 0 Å². The largest absolute Gasteiger partial charge is 0.392 e. The number of rotatable bonds is 5. The van der Waals surface area contributed by atoms with Gasteiger partial charge in [-0.05, 0) is 30.4 Å². The molecule has 94 valence electrons. The van der Waals surface area contributed by atoms with Crippen LogP contribution in [0.25, 0.3) is 0 Å². The van der Waals surface area contributed by atoms with Gasteiger partial charge in [0, 0.05) is 19.7 Å². The molecule has 0 aromatic heterocycles. The lowest BCUT2D eigenvalue weighted by Crippen LogP contribution is -2.35. The van der Waals surface area contributed by atoms with Gasteiger partial charge >= 0.3 is 0 Å². The van der Waals surface area contributed by atoms with E-state index in [0.717, 1.165) is 25.8 Å². The van der Waals surface area contributed by atoms with E-state index in [2.05, 4.69) is 29.6 Å². The van der Waals surface area contributed by atoms with Crippen molar-refractivity contribution >= 4 is 0 Å². The number of ether oxygens (including phenoxy) is 1. The minimum atomic E-state index is -0.169. The lowest BCUT2D eigenvalue weighted by Gasteiger charge is -2.16. The SMILES string of the molecule is COCc1cccc(CN[C@@H]2CCC[C@H]2O)c1. The molecule has 1 saturated carbocycles. The van der Waals surface area contributed by atoms with Crippen molar-refractivity contribution in [3.8, 4) is 0 Å². The van der Waals surface area contributed by atoms with Crippen LogP contribution >= 0.6 is 0 Å². The molecule has 0 unspecified atom stereocenters. The van der Waals surface area contributed by atoms with E-state index in [-0.39, 0.29) is 12.1 Å². The number of methoxy groups -OCH3 is 1. The smallest absolute Gasteiger partial charge is 0.0713 e. The fourth-order valence-electron chi connectivity index (χ4n) is 2.42. The molecule has 0 saturated heterocycles. The monoisotopic (exact) mass is 235 g/mol. The molecule has 17 heavy (non-hydrogen) atoms. The highest BCUT2D eigenvalue weighted by atomic mass is 16.5. The summed E-state index contributed by atoms with van der Waals surface area (Å²) < 4.78 is 5.12. The summed E-state index contributed by atoms with van der Waals surface area (Å²) >= 11 is 0. The highest BCUT2D eigenvalue weighted by molar-refractivity contribution is 5.23. The van der Waals surface area contributed by atoms with E-state index in [1.54, 1.807) is 7.11 Å². The molecular formula is C14H21NO2. The Balaban J connectivity index is 1.87. The molecule has 2 atom stereocenters. The van der Waals surface area contributed by atoms with Gasteiger partial charge in [-0.3, -0.25) is 0 Å². The van der Waals surface area contributed by atoms with Gasteiger partial charge in [-0.25, -0.2) is 0 Å². The minimum Gasteiger partial charge on any atom is -0.392 e. The molecule has 3 nitrogen and oxygen atoms in total. The second-order valence-electron chi connectivity index (χ2n) is 4.74. The number of hydrogen-bond acceptors (Lipinski definition) is 3. The van der Waals surface area contributed by atoms with E-state index in [1.165, 1.54) is 11.1 Å². The summed E-state index contributed by atoms with van der Waals surface area (Å²) in [6.45, 7) is 1.47. The predicted molar refractivity (Wildman–Crippen MR) is 67.6 cm³/mol. The van der Waals surface area contributed by atoms with E-state index in [1.807, 2.05) is 0 Å². The van der Waals surface area contributed by atoms with Gasteiger partial charge in [0.15, 0.2) is 0 Å². The predicted octanol–water partition coefficient (Wildman–Crippen LogP) is 1.84. The first-order valence-electron chi connectivity index (χ1n) is 6.28. The Hall–Kier alpha value is -0.900. The molecule has 2 N–H and O–H groups in total. The highest BCUT2D eigenvalue weighted by Crippen LogP contribution is 2.19. The fourth-order valence-corrected chi connectivity index (χ4v) is 2.42. The van der Waals surface area contributed by atoms with Gasteiger partial charge in [-0.2, -0.15) is 0 Å². The van der Waals surface area contributed by atoms with Gasteiger partial charge < -0.3 is 15.2 Å². The van der Waals surface area contributed by atoms with Gasteiger partial charge in [0.2, 0.25) is 0 Å². The number of hydrogen-bond donors (Lipinski definition) is 2. The van der Waals surface area contributed by atoms with Crippen molar-refractivity contribution in [1.29, 1.82) is 0 Å². The van der Waals surface area contributed by atoms with Gasteiger partial charge in [0.1, 0.15) is 0 Å². The second-order valence-corrected chi connectivity index (χ2v) is 4.74. The van der Waals surface area contributed by atoms with Crippen LogP contribution in [0.4, 0.5) is 0 Å². The molecular weight excluding hydrogens is 214 g/mol. The molecule has 1 aromatic carbocycles. The Morgan fingerprint density at radius 1 is 1.35 bits per heavy atom. The van der Waals surface area contributed by atoms with Crippen LogP contribution in [0, 0.1) is 0 Å². The normalized spacial score (nSPS) is 24.1. The number of aliphatic hydroxyl groups is 1. The van der Waals surface area contributed by atoms with Gasteiger partial charge in [-0.15, -0.1) is 0 Å². The molecule has 0 radical (unpaired) electrons. The van der Waals surface area contributed by atoms with Crippen molar-refractivity contribution < 1.29 is 9.84 Å². The van der Waals surface area contributed by atoms with E-state index >= 15 is 0 Å². The van der Waals surface area contributed by atoms with Crippen LogP contribution in [0.2, 0.25) is 0 Å². The van der Waals surface area contributed by atoms with Gasteiger partial charge in [-0.1, -0.05) is 24.3 Å². The minimum absolute atomic E-state index is 0.169. The fraction of sp³-hybridized carbons (Fsp3) is 0.571. The zero-order valence-electron chi connectivity index (χ0n) is 10.4. The Kier molecular flexibility index (Phi) is 4.54. The molecule has 1 aliphatic carbocycles. The maximum Gasteiger partial charge on any atom is 0.0713 e. The van der Waals surface area contributed by atoms with E-state index in [0.29, 0.717) is 6.61 Å². The summed E-state index contributed by atoms with van der Waals surface area (Å²) in [5, 5.41) is 13.1. The van der Waals surface area contributed by atoms with Crippen LogP contribution in [0.15, 0.2) is 24.3 Å². The number of benzene rings is 1. The molecule has 0 amide bonds. The van der Waals surface area contributed by atoms with Crippen LogP contribution in [-0.2, 0) is 17.9 Å². The summed E-state index contributed by atoms with van der Waals surface area (Å²) in [6, 6.07) is 8.64. The molecule has 0 aliphatic heterocycles. The molecule has 3 heteroatoms. The molecule has 0 heterocycles. The Labute approximate surface area is 103 Å². The van der Waals surface area contributed by atoms with Crippen LogP contribution in [0.1, 0.15) is 30.4 Å². The quantitative estimate of drug-likeness (QED) is 0.818. The van der Waals surface area contributed by atoms with Crippen LogP contribution in [0.5, 0.6) is 0 Å². The van der Waals surface area contributed by atoms with E-state index in [9.17, 15) is 5.11 Å². The molecule has 1 fully saturated rings. The summed E-state index contributed by atoms with van der Waals surface area (Å²) in [4.78, 5) is 0. The van der Waals surface area contributed by atoms with Crippen molar-refractivity contribution in [2.45, 2.75) is 44.6 Å². The first kappa shape index (κ1) is 12.6. The Morgan fingerprint density at radius 2 is 2.18 bits per heavy atom. The third-order valence-electron chi connectivity index (χ3n) is 3.35. The molecule has 1 aliphatic rings. The zero-order valence-corrected chi connectivity index (χ0v) is 10.4. The van der Waals surface area contributed by atoms with E-state index in [4.69, 9.17) is 4.74 Å². The molecule has 2 rings (SSSR count). The topological polar surface area (TPSA) is 41.5 Å². The van der Waals surface area contributed by atoms with Crippen molar-refractivity contribution in [1.82, 2.24) is 5.32 Å². The van der Waals surface area contributed by atoms with Crippen LogP contribution in [-0.4, -0.2) is 24.4 Å². The molecule has 1 aromatic rings. The summed E-state index contributed by atoms with van der Waals surface area (Å²) in [5.41, 5.74) is 2.44.